The number of ether oxygens (including phenoxy) is 1. The SMILES string of the molecule is Cc1n[nH]cc1-c1ccc(C2C(C)(C)OC(N[C@@H](CCO)c3ccccc3F)=NS2(=O)=O)cc1. The average molecular weight is 487 g/mol. The number of aliphatic hydroxyl groups is 1. The third-order valence-corrected chi connectivity index (χ3v) is 7.71. The predicted molar refractivity (Wildman–Crippen MR) is 127 cm³/mol. The second-order valence-electron chi connectivity index (χ2n) is 8.73. The number of halogens is 1. The molecule has 0 aliphatic carbocycles. The topological polar surface area (TPSA) is 117 Å². The zero-order chi connectivity index (χ0) is 24.5. The van der Waals surface area contributed by atoms with Gasteiger partial charge in [-0.25, -0.2) is 12.8 Å². The largest absolute Gasteiger partial charge is 0.457 e. The first-order chi connectivity index (χ1) is 16.1. The number of hydrogen-bond donors (Lipinski definition) is 3. The predicted octanol–water partition coefficient (Wildman–Crippen LogP) is 3.77. The van der Waals surface area contributed by atoms with E-state index in [1.54, 1.807) is 50.4 Å². The van der Waals surface area contributed by atoms with Crippen molar-refractivity contribution in [3.63, 3.8) is 0 Å². The van der Waals surface area contributed by atoms with Crippen LogP contribution in [0.15, 0.2) is 59.1 Å². The van der Waals surface area contributed by atoms with Crippen LogP contribution in [-0.4, -0.2) is 42.0 Å². The smallest absolute Gasteiger partial charge is 0.301 e. The quantitative estimate of drug-likeness (QED) is 0.488. The highest BCUT2D eigenvalue weighted by Gasteiger charge is 2.47. The van der Waals surface area contributed by atoms with Gasteiger partial charge in [0.05, 0.1) is 11.7 Å². The molecule has 0 radical (unpaired) electrons. The van der Waals surface area contributed by atoms with Crippen molar-refractivity contribution in [1.29, 1.82) is 0 Å². The second-order valence-corrected chi connectivity index (χ2v) is 10.4. The van der Waals surface area contributed by atoms with Gasteiger partial charge in [-0.05, 0) is 44.4 Å². The maximum Gasteiger partial charge on any atom is 0.301 e. The van der Waals surface area contributed by atoms with Crippen LogP contribution < -0.4 is 5.32 Å². The van der Waals surface area contributed by atoms with Gasteiger partial charge >= 0.3 is 6.02 Å². The summed E-state index contributed by atoms with van der Waals surface area (Å²) < 4.78 is 50.7. The van der Waals surface area contributed by atoms with Crippen molar-refractivity contribution in [3.05, 3.63) is 77.4 Å². The van der Waals surface area contributed by atoms with E-state index in [0.29, 0.717) is 5.56 Å². The van der Waals surface area contributed by atoms with E-state index in [2.05, 4.69) is 19.9 Å². The molecule has 1 unspecified atom stereocenters. The van der Waals surface area contributed by atoms with E-state index in [-0.39, 0.29) is 24.6 Å². The molecule has 0 bridgehead atoms. The lowest BCUT2D eigenvalue weighted by molar-refractivity contribution is 0.0759. The molecule has 1 aliphatic heterocycles. The fourth-order valence-corrected chi connectivity index (χ4v) is 6.00. The van der Waals surface area contributed by atoms with Gasteiger partial charge in [-0.3, -0.25) is 5.10 Å². The highest BCUT2D eigenvalue weighted by atomic mass is 32.2. The maximum atomic E-state index is 14.3. The molecule has 0 amide bonds. The Morgan fingerprint density at radius 2 is 1.91 bits per heavy atom. The Kier molecular flexibility index (Phi) is 6.46. The maximum absolute atomic E-state index is 14.3. The first-order valence-electron chi connectivity index (χ1n) is 10.9. The van der Waals surface area contributed by atoms with Gasteiger partial charge in [-0.1, -0.05) is 42.5 Å². The number of amidine groups is 1. The van der Waals surface area contributed by atoms with Crippen LogP contribution in [0.1, 0.15) is 48.4 Å². The van der Waals surface area contributed by atoms with Crippen molar-refractivity contribution in [2.75, 3.05) is 6.61 Å². The molecule has 1 aromatic heterocycles. The number of aryl methyl sites for hydroxylation is 1. The molecule has 0 saturated heterocycles. The highest BCUT2D eigenvalue weighted by molar-refractivity contribution is 7.90. The molecule has 2 atom stereocenters. The Bertz CT molecular complexity index is 1300. The first-order valence-corrected chi connectivity index (χ1v) is 12.4. The minimum atomic E-state index is -4.04. The highest BCUT2D eigenvalue weighted by Crippen LogP contribution is 2.41. The van der Waals surface area contributed by atoms with E-state index >= 15 is 0 Å². The van der Waals surface area contributed by atoms with Gasteiger partial charge in [0.25, 0.3) is 10.0 Å². The Morgan fingerprint density at radius 3 is 2.50 bits per heavy atom. The number of benzene rings is 2. The molecular formula is C24H27FN4O4S. The van der Waals surface area contributed by atoms with Crippen molar-refractivity contribution < 1.29 is 22.7 Å². The molecule has 0 spiro atoms. The van der Waals surface area contributed by atoms with Crippen LogP contribution in [0.25, 0.3) is 11.1 Å². The van der Waals surface area contributed by atoms with Crippen molar-refractivity contribution in [2.24, 2.45) is 4.40 Å². The molecule has 10 heteroatoms. The van der Waals surface area contributed by atoms with Gasteiger partial charge in [0, 0.05) is 23.9 Å². The number of sulfonamides is 1. The molecule has 1 aliphatic rings. The Balaban J connectivity index is 1.64. The number of hydrogen-bond acceptors (Lipinski definition) is 6. The number of aromatic nitrogens is 2. The Hall–Kier alpha value is -3.24. The molecule has 0 fully saturated rings. The van der Waals surface area contributed by atoms with Crippen LogP contribution in [-0.2, 0) is 14.8 Å². The number of nitrogens with one attached hydrogen (secondary N) is 2. The van der Waals surface area contributed by atoms with Gasteiger partial charge in [0.1, 0.15) is 16.7 Å². The summed E-state index contributed by atoms with van der Waals surface area (Å²) in [6, 6.07) is 12.3. The lowest BCUT2D eigenvalue weighted by Gasteiger charge is -2.38. The van der Waals surface area contributed by atoms with Crippen LogP contribution in [0.2, 0.25) is 0 Å². The standard InChI is InChI=1S/C24H27FN4O4S/c1-15-19(14-26-28-15)16-8-10-17(11-9-16)22-24(2,3)33-23(29-34(22,31)32)27-21(12-13-30)18-6-4-5-7-20(18)25/h4-11,14,21-22,30H,12-13H2,1-3H3,(H,26,28)(H,27,29)/t21-,22?/m0/s1. The number of aromatic amines is 1. The molecule has 0 saturated carbocycles. The van der Waals surface area contributed by atoms with Crippen LogP contribution in [0.5, 0.6) is 0 Å². The number of nitrogens with zero attached hydrogens (tertiary/aromatic N) is 2. The van der Waals surface area contributed by atoms with Crippen molar-refractivity contribution in [3.8, 4) is 11.1 Å². The van der Waals surface area contributed by atoms with Gasteiger partial charge in [0.2, 0.25) is 0 Å². The molecule has 2 aromatic carbocycles. The zero-order valence-electron chi connectivity index (χ0n) is 19.1. The molecule has 3 aromatic rings. The second kappa shape index (κ2) is 9.19. The summed E-state index contributed by atoms with van der Waals surface area (Å²) in [5.41, 5.74) is 2.33. The summed E-state index contributed by atoms with van der Waals surface area (Å²) >= 11 is 0. The molecule has 3 N–H and O–H groups in total. The number of H-pyrrole nitrogens is 1. The van der Waals surface area contributed by atoms with Gasteiger partial charge in [0.15, 0.2) is 0 Å². The summed E-state index contributed by atoms with van der Waals surface area (Å²) in [4.78, 5) is 0. The third kappa shape index (κ3) is 4.69. The summed E-state index contributed by atoms with van der Waals surface area (Å²) in [5, 5.41) is 18.2. The summed E-state index contributed by atoms with van der Waals surface area (Å²) in [7, 11) is -4.04. The first kappa shape index (κ1) is 23.9. The Morgan fingerprint density at radius 1 is 1.21 bits per heavy atom. The van der Waals surface area contributed by atoms with Gasteiger partial charge in [-0.15, -0.1) is 4.40 Å². The van der Waals surface area contributed by atoms with Gasteiger partial charge < -0.3 is 15.2 Å². The van der Waals surface area contributed by atoms with Crippen LogP contribution in [0.3, 0.4) is 0 Å². The molecular weight excluding hydrogens is 459 g/mol. The van der Waals surface area contributed by atoms with E-state index in [1.165, 1.54) is 6.07 Å². The normalized spacial score (nSPS) is 19.7. The lowest BCUT2D eigenvalue weighted by atomic mass is 9.95. The minimum absolute atomic E-state index is 0.141. The monoisotopic (exact) mass is 486 g/mol. The van der Waals surface area contributed by atoms with E-state index in [9.17, 15) is 17.9 Å². The van der Waals surface area contributed by atoms with E-state index in [4.69, 9.17) is 4.74 Å². The molecule has 180 valence electrons. The summed E-state index contributed by atoms with van der Waals surface area (Å²) in [6.45, 7) is 4.99. The zero-order valence-corrected chi connectivity index (χ0v) is 19.9. The van der Waals surface area contributed by atoms with Crippen molar-refractivity contribution in [1.82, 2.24) is 15.5 Å². The summed E-state index contributed by atoms with van der Waals surface area (Å²) in [6.07, 6.45) is 1.93. The minimum Gasteiger partial charge on any atom is -0.457 e. The fourth-order valence-electron chi connectivity index (χ4n) is 4.31. The van der Waals surface area contributed by atoms with Crippen molar-refractivity contribution in [2.45, 2.75) is 44.1 Å². The van der Waals surface area contributed by atoms with Crippen LogP contribution in [0.4, 0.5) is 4.39 Å². The molecule has 2 heterocycles. The molecule has 8 nitrogen and oxygen atoms in total. The number of aliphatic hydroxyl groups excluding tert-OH is 1. The lowest BCUT2D eigenvalue weighted by Crippen LogP contribution is -2.47. The van der Waals surface area contributed by atoms with E-state index in [1.807, 2.05) is 19.1 Å². The van der Waals surface area contributed by atoms with Gasteiger partial charge in [-0.2, -0.15) is 5.10 Å². The van der Waals surface area contributed by atoms with Crippen molar-refractivity contribution >= 4 is 16.0 Å². The Labute approximate surface area is 198 Å². The average Bonchev–Trinajstić information content (AvgIpc) is 3.18. The third-order valence-electron chi connectivity index (χ3n) is 5.85. The van der Waals surface area contributed by atoms with E-state index in [0.717, 1.165) is 16.8 Å². The summed E-state index contributed by atoms with van der Waals surface area (Å²) in [5.74, 6) is -0.474. The molecule has 34 heavy (non-hydrogen) atoms. The fraction of sp³-hybridized carbons (Fsp3) is 0.333. The van der Waals surface area contributed by atoms with E-state index < -0.39 is 32.7 Å². The van der Waals surface area contributed by atoms with Crippen LogP contribution >= 0.6 is 0 Å². The van der Waals surface area contributed by atoms with Crippen LogP contribution in [0, 0.1) is 12.7 Å². The molecule has 4 rings (SSSR count). The number of rotatable bonds is 6.